The van der Waals surface area contributed by atoms with Crippen LogP contribution in [0.2, 0.25) is 0 Å². The monoisotopic (exact) mass is 284 g/mol. The average molecular weight is 284 g/mol. The van der Waals surface area contributed by atoms with Gasteiger partial charge in [-0.15, -0.1) is 0 Å². The van der Waals surface area contributed by atoms with Crippen LogP contribution >= 0.6 is 0 Å². The summed E-state index contributed by atoms with van der Waals surface area (Å²) in [6.45, 7) is 3.26. The van der Waals surface area contributed by atoms with E-state index in [0.717, 1.165) is 5.56 Å². The Bertz CT molecular complexity index is 651. The molecule has 0 unspecified atom stereocenters. The second-order valence-electron chi connectivity index (χ2n) is 4.65. The van der Waals surface area contributed by atoms with Gasteiger partial charge in [-0.3, -0.25) is 9.59 Å². The molecule has 0 radical (unpaired) electrons. The minimum Gasteiger partial charge on any atom is -0.468 e. The Morgan fingerprint density at radius 2 is 2.05 bits per heavy atom. The topological polar surface area (TPSA) is 68.3 Å². The summed E-state index contributed by atoms with van der Waals surface area (Å²) in [6.07, 6.45) is 1.67. The number of aromatic nitrogens is 1. The molecule has 21 heavy (non-hydrogen) atoms. The number of benzene rings is 1. The lowest BCUT2D eigenvalue weighted by Crippen LogP contribution is -2.20. The zero-order valence-corrected chi connectivity index (χ0v) is 11.9. The summed E-state index contributed by atoms with van der Waals surface area (Å²) in [4.78, 5) is 27.1. The number of nitrogens with one attached hydrogen (secondary N) is 1. The van der Waals surface area contributed by atoms with Gasteiger partial charge in [-0.2, -0.15) is 0 Å². The average Bonchev–Trinajstić information content (AvgIpc) is 2.47. The molecule has 0 bridgehead atoms. The Balaban J connectivity index is 1.91. The first-order chi connectivity index (χ1) is 10.0. The molecule has 0 atom stereocenters. The van der Waals surface area contributed by atoms with Gasteiger partial charge in [0.1, 0.15) is 0 Å². The number of amides is 1. The van der Waals surface area contributed by atoms with Crippen LogP contribution in [0.3, 0.4) is 0 Å². The predicted octanol–water partition coefficient (Wildman–Crippen LogP) is 2.61. The van der Waals surface area contributed by atoms with Gasteiger partial charge in [0.25, 0.3) is 5.91 Å². The summed E-state index contributed by atoms with van der Waals surface area (Å²) in [5.41, 5.74) is 2.13. The third-order valence-electron chi connectivity index (χ3n) is 2.79. The fraction of sp³-hybridized carbons (Fsp3) is 0.188. The van der Waals surface area contributed by atoms with E-state index in [2.05, 4.69) is 10.3 Å². The number of carbonyl (C=O) groups is 2. The van der Waals surface area contributed by atoms with Crippen molar-refractivity contribution in [1.82, 2.24) is 4.98 Å². The van der Waals surface area contributed by atoms with Gasteiger partial charge in [0, 0.05) is 23.5 Å². The van der Waals surface area contributed by atoms with Crippen LogP contribution in [-0.2, 0) is 4.79 Å². The van der Waals surface area contributed by atoms with Gasteiger partial charge < -0.3 is 10.1 Å². The number of nitrogens with zero attached hydrogens (tertiary/aromatic N) is 1. The maximum absolute atomic E-state index is 11.8. The third-order valence-corrected chi connectivity index (χ3v) is 2.79. The molecule has 1 N–H and O–H groups in total. The van der Waals surface area contributed by atoms with Gasteiger partial charge in [0.2, 0.25) is 5.88 Å². The van der Waals surface area contributed by atoms with Gasteiger partial charge in [-0.25, -0.2) is 4.98 Å². The summed E-state index contributed by atoms with van der Waals surface area (Å²) in [7, 11) is 0. The summed E-state index contributed by atoms with van der Waals surface area (Å²) >= 11 is 0. The number of aryl methyl sites for hydroxylation is 1. The van der Waals surface area contributed by atoms with Crippen molar-refractivity contribution in [3.8, 4) is 5.88 Å². The number of hydrogen-bond donors (Lipinski definition) is 1. The van der Waals surface area contributed by atoms with E-state index in [0.29, 0.717) is 17.1 Å². The quantitative estimate of drug-likeness (QED) is 0.857. The van der Waals surface area contributed by atoms with Crippen LogP contribution in [-0.4, -0.2) is 23.3 Å². The molecule has 1 amide bonds. The second kappa shape index (κ2) is 6.65. The molecule has 1 aromatic heterocycles. The molecule has 0 fully saturated rings. The van der Waals surface area contributed by atoms with E-state index >= 15 is 0 Å². The van der Waals surface area contributed by atoms with E-state index in [1.807, 2.05) is 13.0 Å². The van der Waals surface area contributed by atoms with Gasteiger partial charge in [0.15, 0.2) is 12.4 Å². The SMILES string of the molecule is CC(=O)c1cccc(NC(=O)COc2ccc(C)cn2)c1. The van der Waals surface area contributed by atoms with E-state index in [4.69, 9.17) is 4.74 Å². The van der Waals surface area contributed by atoms with E-state index in [9.17, 15) is 9.59 Å². The summed E-state index contributed by atoms with van der Waals surface area (Å²) < 4.78 is 5.28. The van der Waals surface area contributed by atoms with Crippen LogP contribution in [0.15, 0.2) is 42.6 Å². The minimum atomic E-state index is -0.307. The number of anilines is 1. The van der Waals surface area contributed by atoms with Gasteiger partial charge in [-0.1, -0.05) is 18.2 Å². The van der Waals surface area contributed by atoms with Crippen molar-refractivity contribution >= 4 is 17.4 Å². The molecular weight excluding hydrogens is 268 g/mol. The number of rotatable bonds is 5. The molecular formula is C16H16N2O3. The second-order valence-corrected chi connectivity index (χ2v) is 4.65. The molecule has 108 valence electrons. The zero-order valence-electron chi connectivity index (χ0n) is 11.9. The van der Waals surface area contributed by atoms with Crippen molar-refractivity contribution in [2.45, 2.75) is 13.8 Å². The number of hydrogen-bond acceptors (Lipinski definition) is 4. The lowest BCUT2D eigenvalue weighted by molar-refractivity contribution is -0.118. The smallest absolute Gasteiger partial charge is 0.262 e. The summed E-state index contributed by atoms with van der Waals surface area (Å²) in [6, 6.07) is 10.3. The first-order valence-electron chi connectivity index (χ1n) is 6.51. The highest BCUT2D eigenvalue weighted by Gasteiger charge is 2.06. The number of pyridine rings is 1. The van der Waals surface area contributed by atoms with Gasteiger partial charge >= 0.3 is 0 Å². The lowest BCUT2D eigenvalue weighted by Gasteiger charge is -2.07. The number of ketones is 1. The van der Waals surface area contributed by atoms with Crippen molar-refractivity contribution in [3.05, 3.63) is 53.7 Å². The molecule has 1 aromatic carbocycles. The normalized spacial score (nSPS) is 10.0. The van der Waals surface area contributed by atoms with E-state index in [1.54, 1.807) is 36.5 Å². The van der Waals surface area contributed by atoms with Crippen molar-refractivity contribution in [2.75, 3.05) is 11.9 Å². The lowest BCUT2D eigenvalue weighted by atomic mass is 10.1. The number of Topliss-reactive ketones (excluding diaryl/α,β-unsaturated/α-hetero) is 1. The Hall–Kier alpha value is -2.69. The van der Waals surface area contributed by atoms with E-state index in [-0.39, 0.29) is 18.3 Å². The highest BCUT2D eigenvalue weighted by atomic mass is 16.5. The zero-order chi connectivity index (χ0) is 15.2. The maximum Gasteiger partial charge on any atom is 0.262 e. The van der Waals surface area contributed by atoms with Crippen molar-refractivity contribution in [3.63, 3.8) is 0 Å². The van der Waals surface area contributed by atoms with Gasteiger partial charge in [-0.05, 0) is 31.5 Å². The van der Waals surface area contributed by atoms with Crippen LogP contribution in [0, 0.1) is 6.92 Å². The molecule has 0 aliphatic rings. The predicted molar refractivity (Wildman–Crippen MR) is 79.5 cm³/mol. The highest BCUT2D eigenvalue weighted by molar-refractivity contribution is 5.97. The number of carbonyl (C=O) groups excluding carboxylic acids is 2. The molecule has 5 nitrogen and oxygen atoms in total. The summed E-state index contributed by atoms with van der Waals surface area (Å²) in [5, 5.41) is 2.67. The molecule has 0 saturated carbocycles. The third kappa shape index (κ3) is 4.42. The fourth-order valence-corrected chi connectivity index (χ4v) is 1.69. The molecule has 2 aromatic rings. The van der Waals surface area contributed by atoms with Crippen LogP contribution in [0.1, 0.15) is 22.8 Å². The number of ether oxygens (including phenoxy) is 1. The molecule has 2 rings (SSSR count). The molecule has 1 heterocycles. The Kier molecular flexibility index (Phi) is 4.66. The standard InChI is InChI=1S/C16H16N2O3/c1-11-6-7-16(17-9-11)21-10-15(20)18-14-5-3-4-13(8-14)12(2)19/h3-9H,10H2,1-2H3,(H,18,20). The first-order valence-corrected chi connectivity index (χ1v) is 6.51. The first kappa shape index (κ1) is 14.7. The van der Waals surface area contributed by atoms with Crippen molar-refractivity contribution < 1.29 is 14.3 Å². The van der Waals surface area contributed by atoms with E-state index < -0.39 is 0 Å². The minimum absolute atomic E-state index is 0.0498. The Morgan fingerprint density at radius 3 is 2.71 bits per heavy atom. The maximum atomic E-state index is 11.8. The van der Waals surface area contributed by atoms with E-state index in [1.165, 1.54) is 6.92 Å². The molecule has 0 spiro atoms. The van der Waals surface area contributed by atoms with Crippen LogP contribution < -0.4 is 10.1 Å². The fourth-order valence-electron chi connectivity index (χ4n) is 1.69. The largest absolute Gasteiger partial charge is 0.468 e. The molecule has 0 saturated heterocycles. The molecule has 5 heteroatoms. The van der Waals surface area contributed by atoms with Crippen LogP contribution in [0.5, 0.6) is 5.88 Å². The highest BCUT2D eigenvalue weighted by Crippen LogP contribution is 2.11. The molecule has 0 aliphatic heterocycles. The van der Waals surface area contributed by atoms with Gasteiger partial charge in [0.05, 0.1) is 0 Å². The summed E-state index contributed by atoms with van der Waals surface area (Å²) in [5.74, 6) is 0.0394. The van der Waals surface area contributed by atoms with Crippen LogP contribution in [0.4, 0.5) is 5.69 Å². The Morgan fingerprint density at radius 1 is 1.24 bits per heavy atom. The Labute approximate surface area is 123 Å². The molecule has 0 aliphatic carbocycles. The van der Waals surface area contributed by atoms with Crippen LogP contribution in [0.25, 0.3) is 0 Å². The van der Waals surface area contributed by atoms with Crippen molar-refractivity contribution in [1.29, 1.82) is 0 Å². The van der Waals surface area contributed by atoms with Crippen molar-refractivity contribution in [2.24, 2.45) is 0 Å².